The summed E-state index contributed by atoms with van der Waals surface area (Å²) in [5, 5.41) is -0.177. The number of rotatable bonds is 4. The minimum absolute atomic E-state index is 0.177. The van der Waals surface area contributed by atoms with Crippen LogP contribution in [0.4, 0.5) is 0 Å². The molecule has 0 aromatic carbocycles. The summed E-state index contributed by atoms with van der Waals surface area (Å²) in [4.78, 5) is -0.557. The van der Waals surface area contributed by atoms with E-state index in [4.69, 9.17) is 27.9 Å². The minimum Gasteiger partial charge on any atom is -0.367 e. The third-order valence-corrected chi connectivity index (χ3v) is 4.56. The smallest absolute Gasteiger partial charge is 0.116 e. The predicted molar refractivity (Wildman–Crippen MR) is 64.7 cm³/mol. The summed E-state index contributed by atoms with van der Waals surface area (Å²) in [6.45, 7) is 2.91. The molecule has 0 radical (unpaired) electrons. The number of epoxide rings is 1. The summed E-state index contributed by atoms with van der Waals surface area (Å²) in [5.74, 6) is 0. The number of unbranched alkanes of at least 4 members (excludes halogenated alkanes) is 1. The van der Waals surface area contributed by atoms with Gasteiger partial charge >= 0.3 is 0 Å². The van der Waals surface area contributed by atoms with Crippen LogP contribution in [-0.4, -0.2) is 22.5 Å². The molecule has 0 saturated carbocycles. The summed E-state index contributed by atoms with van der Waals surface area (Å²) >= 11 is 12.9. The topological polar surface area (TPSA) is 12.5 Å². The first-order valence-electron chi connectivity index (χ1n) is 5.47. The molecule has 3 atom stereocenters. The summed E-state index contributed by atoms with van der Waals surface area (Å²) in [6, 6.07) is 0. The second-order valence-corrected chi connectivity index (χ2v) is 5.40. The average Bonchev–Trinajstić information content (AvgIpc) is 3.01. The molecule has 0 bridgehead atoms. The highest BCUT2D eigenvalue weighted by atomic mass is 35.5. The Kier molecular flexibility index (Phi) is 3.16. The van der Waals surface area contributed by atoms with Gasteiger partial charge in [0.05, 0.1) is 12.0 Å². The predicted octanol–water partition coefficient (Wildman–Crippen LogP) is 3.66. The van der Waals surface area contributed by atoms with Gasteiger partial charge in [-0.1, -0.05) is 44.1 Å². The molecule has 15 heavy (non-hydrogen) atoms. The molecular weight excluding hydrogens is 231 g/mol. The Morgan fingerprint density at radius 1 is 1.47 bits per heavy atom. The monoisotopic (exact) mass is 246 g/mol. The maximum absolute atomic E-state index is 6.62. The van der Waals surface area contributed by atoms with Gasteiger partial charge in [0.1, 0.15) is 10.5 Å². The largest absolute Gasteiger partial charge is 0.367 e. The number of ether oxygens (including phenoxy) is 1. The lowest BCUT2D eigenvalue weighted by Gasteiger charge is -2.34. The standard InChI is InChI=1S/C12H16Cl2O/c1-2-3-7-11(9-15-11)12(14)8-5-4-6-10(12)13/h4-6,8,10H,2-3,7,9H2,1H3. The number of allylic oxidation sites excluding steroid dienone is 3. The van der Waals surface area contributed by atoms with Gasteiger partial charge in [-0.2, -0.15) is 0 Å². The van der Waals surface area contributed by atoms with Gasteiger partial charge in [-0.15, -0.1) is 23.2 Å². The highest BCUT2D eigenvalue weighted by Gasteiger charge is 2.61. The Bertz CT molecular complexity index is 294. The maximum Gasteiger partial charge on any atom is 0.116 e. The molecule has 3 heteroatoms. The van der Waals surface area contributed by atoms with E-state index in [0.717, 1.165) is 25.9 Å². The Labute approximate surface area is 101 Å². The first-order valence-corrected chi connectivity index (χ1v) is 6.29. The lowest BCUT2D eigenvalue weighted by atomic mass is 9.82. The van der Waals surface area contributed by atoms with E-state index in [2.05, 4.69) is 6.92 Å². The van der Waals surface area contributed by atoms with Crippen molar-refractivity contribution < 1.29 is 4.74 Å². The summed E-state index contributed by atoms with van der Waals surface area (Å²) in [7, 11) is 0. The molecule has 0 spiro atoms. The van der Waals surface area contributed by atoms with E-state index in [1.54, 1.807) is 0 Å². The summed E-state index contributed by atoms with van der Waals surface area (Å²) in [5.41, 5.74) is -0.224. The molecule has 1 saturated heterocycles. The lowest BCUT2D eigenvalue weighted by Crippen LogP contribution is -2.46. The molecule has 0 amide bonds. The van der Waals surface area contributed by atoms with Crippen molar-refractivity contribution in [3.8, 4) is 0 Å². The molecule has 1 heterocycles. The number of halogens is 2. The average molecular weight is 247 g/mol. The normalized spacial score (nSPS) is 43.3. The summed E-state index contributed by atoms with van der Waals surface area (Å²) < 4.78 is 5.61. The zero-order valence-corrected chi connectivity index (χ0v) is 10.4. The van der Waals surface area contributed by atoms with Gasteiger partial charge in [-0.05, 0) is 6.42 Å². The molecule has 0 aromatic heterocycles. The van der Waals surface area contributed by atoms with E-state index in [-0.39, 0.29) is 11.0 Å². The van der Waals surface area contributed by atoms with Crippen LogP contribution < -0.4 is 0 Å². The van der Waals surface area contributed by atoms with Gasteiger partial charge in [0, 0.05) is 0 Å². The van der Waals surface area contributed by atoms with Gasteiger partial charge in [0.2, 0.25) is 0 Å². The number of alkyl halides is 2. The van der Waals surface area contributed by atoms with Crippen LogP contribution in [0.3, 0.4) is 0 Å². The van der Waals surface area contributed by atoms with Crippen LogP contribution in [0.5, 0.6) is 0 Å². The van der Waals surface area contributed by atoms with Gasteiger partial charge in [0.15, 0.2) is 0 Å². The van der Waals surface area contributed by atoms with Crippen LogP contribution >= 0.6 is 23.2 Å². The molecule has 2 rings (SSSR count). The fraction of sp³-hybridized carbons (Fsp3) is 0.667. The van der Waals surface area contributed by atoms with Crippen molar-refractivity contribution in [3.05, 3.63) is 24.3 Å². The highest BCUT2D eigenvalue weighted by Crippen LogP contribution is 2.51. The van der Waals surface area contributed by atoms with Gasteiger partial charge in [-0.3, -0.25) is 0 Å². The second kappa shape index (κ2) is 4.12. The maximum atomic E-state index is 6.62. The molecule has 0 aromatic rings. The molecule has 1 aliphatic carbocycles. The van der Waals surface area contributed by atoms with Crippen LogP contribution in [-0.2, 0) is 4.74 Å². The van der Waals surface area contributed by atoms with Crippen LogP contribution in [0, 0.1) is 0 Å². The summed E-state index contributed by atoms with van der Waals surface area (Å²) in [6.07, 6.45) is 11.1. The first kappa shape index (κ1) is 11.5. The van der Waals surface area contributed by atoms with Crippen molar-refractivity contribution in [1.82, 2.24) is 0 Å². The molecule has 1 aliphatic heterocycles. The molecule has 3 unspecified atom stereocenters. The molecule has 0 N–H and O–H groups in total. The fourth-order valence-corrected chi connectivity index (χ4v) is 2.80. The van der Waals surface area contributed by atoms with Crippen molar-refractivity contribution >= 4 is 23.2 Å². The Balaban J connectivity index is 2.14. The van der Waals surface area contributed by atoms with Crippen LogP contribution in [0.25, 0.3) is 0 Å². The van der Waals surface area contributed by atoms with Crippen LogP contribution in [0.2, 0.25) is 0 Å². The lowest BCUT2D eigenvalue weighted by molar-refractivity contribution is 0.244. The Morgan fingerprint density at radius 2 is 2.20 bits per heavy atom. The van der Waals surface area contributed by atoms with Crippen molar-refractivity contribution in [2.75, 3.05) is 6.61 Å². The number of hydrogen-bond donors (Lipinski definition) is 0. The fourth-order valence-electron chi connectivity index (χ4n) is 2.10. The van der Waals surface area contributed by atoms with Crippen molar-refractivity contribution in [3.63, 3.8) is 0 Å². The van der Waals surface area contributed by atoms with Crippen molar-refractivity contribution in [2.24, 2.45) is 0 Å². The van der Waals surface area contributed by atoms with Gasteiger partial charge < -0.3 is 4.74 Å². The number of hydrogen-bond acceptors (Lipinski definition) is 1. The Hall–Kier alpha value is 0.0200. The van der Waals surface area contributed by atoms with E-state index in [1.165, 1.54) is 0 Å². The van der Waals surface area contributed by atoms with Crippen LogP contribution in [0.15, 0.2) is 24.3 Å². The molecular formula is C12H16Cl2O. The zero-order chi connectivity index (χ0) is 10.9. The van der Waals surface area contributed by atoms with Crippen molar-refractivity contribution in [1.29, 1.82) is 0 Å². The van der Waals surface area contributed by atoms with Crippen LogP contribution in [0.1, 0.15) is 26.2 Å². The van der Waals surface area contributed by atoms with E-state index < -0.39 is 4.87 Å². The van der Waals surface area contributed by atoms with Gasteiger partial charge in [0.25, 0.3) is 0 Å². The molecule has 1 nitrogen and oxygen atoms in total. The molecule has 1 fully saturated rings. The van der Waals surface area contributed by atoms with E-state index in [1.807, 2.05) is 24.3 Å². The molecule has 84 valence electrons. The minimum atomic E-state index is -0.557. The quantitative estimate of drug-likeness (QED) is 0.545. The Morgan fingerprint density at radius 3 is 2.73 bits per heavy atom. The van der Waals surface area contributed by atoms with Gasteiger partial charge in [-0.25, -0.2) is 0 Å². The second-order valence-electron chi connectivity index (χ2n) is 4.30. The SMILES string of the molecule is CCCCC1(C2(Cl)C=CC=CC2Cl)CO1. The molecule has 2 aliphatic rings. The zero-order valence-electron chi connectivity index (χ0n) is 8.88. The van der Waals surface area contributed by atoms with E-state index in [9.17, 15) is 0 Å². The third kappa shape index (κ3) is 1.86. The van der Waals surface area contributed by atoms with E-state index in [0.29, 0.717) is 0 Å². The van der Waals surface area contributed by atoms with Crippen molar-refractivity contribution in [2.45, 2.75) is 42.0 Å². The van der Waals surface area contributed by atoms with E-state index >= 15 is 0 Å². The highest BCUT2D eigenvalue weighted by molar-refractivity contribution is 6.35. The first-order chi connectivity index (χ1) is 7.15. The third-order valence-electron chi connectivity index (χ3n) is 3.26.